The topological polar surface area (TPSA) is 83.8 Å². The lowest BCUT2D eigenvalue weighted by Gasteiger charge is -2.33. The average molecular weight is 444 g/mol. The van der Waals surface area contributed by atoms with Gasteiger partial charge in [0, 0.05) is 23.1 Å². The zero-order valence-electron chi connectivity index (χ0n) is 12.2. The number of phenols is 1. The van der Waals surface area contributed by atoms with E-state index in [4.69, 9.17) is 4.74 Å². The van der Waals surface area contributed by atoms with Crippen molar-refractivity contribution in [3.05, 3.63) is 40.5 Å². The van der Waals surface area contributed by atoms with Crippen LogP contribution in [0.4, 0.5) is 0 Å². The molecule has 0 radical (unpaired) electrons. The van der Waals surface area contributed by atoms with Crippen LogP contribution in [0, 0.1) is 5.92 Å². The third kappa shape index (κ3) is 2.25. The van der Waals surface area contributed by atoms with Crippen molar-refractivity contribution >= 4 is 49.2 Å². The first-order valence-corrected chi connectivity index (χ1v) is 8.32. The van der Waals surface area contributed by atoms with E-state index in [1.54, 1.807) is 13.0 Å². The fourth-order valence-corrected chi connectivity index (χ4v) is 3.63. The number of aliphatic hydroxyl groups is 1. The van der Waals surface area contributed by atoms with Crippen LogP contribution in [0.3, 0.4) is 0 Å². The number of ketones is 2. The molecule has 0 bridgehead atoms. The van der Waals surface area contributed by atoms with Crippen LogP contribution in [-0.4, -0.2) is 32.1 Å². The Labute approximate surface area is 148 Å². The number of carbonyl (C=O) groups excluding carboxylic acids is 2. The largest absolute Gasteiger partial charge is 0.507 e. The smallest absolute Gasteiger partial charge is 0.194 e. The Balaban J connectivity index is 2.37. The minimum atomic E-state index is -0.871. The third-order valence-electron chi connectivity index (χ3n) is 4.11. The van der Waals surface area contributed by atoms with Crippen LogP contribution in [0.2, 0.25) is 0 Å². The van der Waals surface area contributed by atoms with Crippen LogP contribution >= 0.6 is 31.9 Å². The van der Waals surface area contributed by atoms with Crippen molar-refractivity contribution in [2.75, 3.05) is 7.11 Å². The monoisotopic (exact) mass is 442 g/mol. The van der Waals surface area contributed by atoms with Gasteiger partial charge in [0.15, 0.2) is 11.6 Å². The van der Waals surface area contributed by atoms with E-state index >= 15 is 0 Å². The number of rotatable bonds is 1. The fourth-order valence-electron chi connectivity index (χ4n) is 2.75. The van der Waals surface area contributed by atoms with Crippen molar-refractivity contribution in [1.29, 1.82) is 0 Å². The number of halogens is 2. The maximum atomic E-state index is 12.8. The number of alkyl halides is 2. The Bertz CT molecular complexity index is 820. The van der Waals surface area contributed by atoms with E-state index in [2.05, 4.69) is 31.9 Å². The second kappa shape index (κ2) is 5.21. The number of Topliss-reactive ketones (excluding diaryl/α,β-unsaturated/α-hetero) is 2. The van der Waals surface area contributed by atoms with Crippen LogP contribution in [-0.2, 0) is 4.79 Å². The number of hydrogen-bond donors (Lipinski definition) is 2. The molecular formula is C16H12Br2O5. The SMILES string of the molecule is COc1cc(O)c2c(c1)C(=O)C1=CC(Br)(Br)C(C)C(=O)C1=C2O. The highest BCUT2D eigenvalue weighted by molar-refractivity contribution is 9.25. The van der Waals surface area contributed by atoms with Crippen LogP contribution in [0.1, 0.15) is 22.8 Å². The Morgan fingerprint density at radius 1 is 1.22 bits per heavy atom. The molecule has 2 aliphatic rings. The molecule has 1 aromatic carbocycles. The highest BCUT2D eigenvalue weighted by Gasteiger charge is 2.46. The lowest BCUT2D eigenvalue weighted by Crippen LogP contribution is -2.37. The van der Waals surface area contributed by atoms with Crippen molar-refractivity contribution in [3.63, 3.8) is 0 Å². The summed E-state index contributed by atoms with van der Waals surface area (Å²) in [6, 6.07) is 2.71. The molecular weight excluding hydrogens is 432 g/mol. The van der Waals surface area contributed by atoms with Gasteiger partial charge in [0.25, 0.3) is 0 Å². The first-order chi connectivity index (χ1) is 10.7. The number of fused-ring (bicyclic) bond motifs is 2. The number of phenolic OH excluding ortho intramolecular Hbond substituents is 1. The van der Waals surface area contributed by atoms with Gasteiger partial charge in [-0.15, -0.1) is 0 Å². The summed E-state index contributed by atoms with van der Waals surface area (Å²) in [6.45, 7) is 1.67. The maximum Gasteiger partial charge on any atom is 0.194 e. The Hall–Kier alpha value is -1.60. The molecule has 1 atom stereocenters. The molecule has 120 valence electrons. The molecule has 2 N–H and O–H groups in total. The predicted octanol–water partition coefficient (Wildman–Crippen LogP) is 3.50. The van der Waals surface area contributed by atoms with Crippen LogP contribution < -0.4 is 4.74 Å². The zero-order valence-corrected chi connectivity index (χ0v) is 15.4. The molecule has 0 aromatic heterocycles. The number of ether oxygens (including phenoxy) is 1. The van der Waals surface area contributed by atoms with Gasteiger partial charge in [0.05, 0.1) is 18.2 Å². The summed E-state index contributed by atoms with van der Waals surface area (Å²) >= 11 is 6.76. The van der Waals surface area contributed by atoms with Gasteiger partial charge in [-0.2, -0.15) is 0 Å². The Kier molecular flexibility index (Phi) is 3.68. The van der Waals surface area contributed by atoms with Crippen molar-refractivity contribution in [2.24, 2.45) is 5.92 Å². The number of benzene rings is 1. The van der Waals surface area contributed by atoms with Gasteiger partial charge >= 0.3 is 0 Å². The van der Waals surface area contributed by atoms with E-state index in [1.165, 1.54) is 19.2 Å². The minimum absolute atomic E-state index is 0.0415. The number of allylic oxidation sites excluding steroid dienone is 3. The summed E-state index contributed by atoms with van der Waals surface area (Å²) in [5.74, 6) is -1.80. The van der Waals surface area contributed by atoms with E-state index < -0.39 is 20.7 Å². The highest BCUT2D eigenvalue weighted by atomic mass is 79.9. The molecule has 0 amide bonds. The van der Waals surface area contributed by atoms with E-state index in [1.807, 2.05) is 0 Å². The molecule has 5 nitrogen and oxygen atoms in total. The van der Waals surface area contributed by atoms with Crippen molar-refractivity contribution in [1.82, 2.24) is 0 Å². The Morgan fingerprint density at radius 3 is 2.48 bits per heavy atom. The third-order valence-corrected chi connectivity index (χ3v) is 5.94. The van der Waals surface area contributed by atoms with E-state index in [9.17, 15) is 19.8 Å². The summed E-state index contributed by atoms with van der Waals surface area (Å²) in [7, 11) is 1.41. The van der Waals surface area contributed by atoms with Crippen molar-refractivity contribution in [3.8, 4) is 11.5 Å². The maximum absolute atomic E-state index is 12.8. The second-order valence-electron chi connectivity index (χ2n) is 5.44. The molecule has 0 saturated carbocycles. The summed E-state index contributed by atoms with van der Waals surface area (Å²) in [5, 5.41) is 20.6. The zero-order chi connectivity index (χ0) is 17.1. The standard InChI is InChI=1S/C16H12Br2O5/c1-6-13(20)12-9(5-16(6,17)18)14(21)8-3-7(23-2)4-10(19)11(8)15(12)22/h3-6,19,22H,1-2H3. The second-order valence-corrected chi connectivity index (χ2v) is 9.13. The summed E-state index contributed by atoms with van der Waals surface area (Å²) in [6.07, 6.45) is 1.56. The summed E-state index contributed by atoms with van der Waals surface area (Å²) in [4.78, 5) is 25.4. The van der Waals surface area contributed by atoms with Gasteiger partial charge in [0.2, 0.25) is 0 Å². The number of hydrogen-bond acceptors (Lipinski definition) is 5. The van der Waals surface area contributed by atoms with Gasteiger partial charge in [-0.25, -0.2) is 0 Å². The van der Waals surface area contributed by atoms with Gasteiger partial charge in [-0.3, -0.25) is 9.59 Å². The average Bonchev–Trinajstić information content (AvgIpc) is 2.49. The lowest BCUT2D eigenvalue weighted by molar-refractivity contribution is -0.118. The molecule has 0 spiro atoms. The predicted molar refractivity (Wildman–Crippen MR) is 91.4 cm³/mol. The highest BCUT2D eigenvalue weighted by Crippen LogP contribution is 2.49. The molecule has 7 heteroatoms. The number of aromatic hydroxyl groups is 1. The van der Waals surface area contributed by atoms with Gasteiger partial charge < -0.3 is 14.9 Å². The molecule has 0 heterocycles. The number of aliphatic hydroxyl groups excluding tert-OH is 1. The molecule has 3 rings (SSSR count). The Morgan fingerprint density at radius 2 is 1.87 bits per heavy atom. The summed E-state index contributed by atoms with van der Waals surface area (Å²) in [5.41, 5.74) is 0.0807. The fraction of sp³-hybridized carbons (Fsp3) is 0.250. The number of carbonyl (C=O) groups is 2. The number of methoxy groups -OCH3 is 1. The van der Waals surface area contributed by atoms with Crippen LogP contribution in [0.25, 0.3) is 5.76 Å². The van der Waals surface area contributed by atoms with Crippen molar-refractivity contribution < 1.29 is 24.5 Å². The molecule has 23 heavy (non-hydrogen) atoms. The molecule has 2 aliphatic carbocycles. The minimum Gasteiger partial charge on any atom is -0.507 e. The quantitative estimate of drug-likeness (QED) is 0.649. The van der Waals surface area contributed by atoms with Crippen LogP contribution in [0.15, 0.2) is 29.4 Å². The van der Waals surface area contributed by atoms with E-state index in [0.717, 1.165) is 0 Å². The lowest BCUT2D eigenvalue weighted by atomic mass is 9.76. The molecule has 0 fully saturated rings. The van der Waals surface area contributed by atoms with Crippen molar-refractivity contribution in [2.45, 2.75) is 10.2 Å². The van der Waals surface area contributed by atoms with E-state index in [-0.39, 0.29) is 39.6 Å². The van der Waals surface area contributed by atoms with Gasteiger partial charge in [0.1, 0.15) is 20.5 Å². The molecule has 1 aromatic rings. The van der Waals surface area contributed by atoms with Crippen LogP contribution in [0.5, 0.6) is 11.5 Å². The molecule has 0 saturated heterocycles. The first kappa shape index (κ1) is 16.3. The molecule has 0 aliphatic heterocycles. The van der Waals surface area contributed by atoms with Gasteiger partial charge in [-0.05, 0) is 12.1 Å². The molecule has 1 unspecified atom stereocenters. The van der Waals surface area contributed by atoms with E-state index in [0.29, 0.717) is 0 Å². The normalized spacial score (nSPS) is 22.4. The first-order valence-electron chi connectivity index (χ1n) is 6.73. The summed E-state index contributed by atoms with van der Waals surface area (Å²) < 4.78 is 4.17. The van der Waals surface area contributed by atoms with Gasteiger partial charge in [-0.1, -0.05) is 38.8 Å².